The van der Waals surface area contributed by atoms with Crippen molar-refractivity contribution in [3.05, 3.63) is 70.7 Å². The molecule has 2 aromatic rings. The predicted octanol–water partition coefficient (Wildman–Crippen LogP) is 3.84. The third-order valence-electron chi connectivity index (χ3n) is 3.91. The highest BCUT2D eigenvalue weighted by atomic mass is 35.5. The van der Waals surface area contributed by atoms with Crippen molar-refractivity contribution in [2.24, 2.45) is 0 Å². The van der Waals surface area contributed by atoms with Gasteiger partial charge in [0.05, 0.1) is 17.6 Å². The van der Waals surface area contributed by atoms with Gasteiger partial charge < -0.3 is 9.84 Å². The van der Waals surface area contributed by atoms with Gasteiger partial charge in [0, 0.05) is 5.02 Å². The van der Waals surface area contributed by atoms with E-state index >= 15 is 0 Å². The van der Waals surface area contributed by atoms with Crippen molar-refractivity contribution < 1.29 is 14.6 Å². The van der Waals surface area contributed by atoms with Gasteiger partial charge in [-0.25, -0.2) is 4.79 Å². The zero-order valence-corrected chi connectivity index (χ0v) is 13.2. The van der Waals surface area contributed by atoms with E-state index in [2.05, 4.69) is 0 Å². The highest BCUT2D eigenvalue weighted by Gasteiger charge is 2.31. The van der Waals surface area contributed by atoms with Crippen LogP contribution in [0.15, 0.2) is 54.6 Å². The lowest BCUT2D eigenvalue weighted by molar-refractivity contribution is 0.0309. The Bertz CT molecular complexity index is 621. The van der Waals surface area contributed by atoms with Crippen LogP contribution in [-0.4, -0.2) is 24.3 Å². The van der Waals surface area contributed by atoms with Crippen LogP contribution in [-0.2, 0) is 10.2 Å². The summed E-state index contributed by atoms with van der Waals surface area (Å²) in [6.45, 7) is 2.00. The van der Waals surface area contributed by atoms with Crippen molar-refractivity contribution in [1.29, 1.82) is 0 Å². The Morgan fingerprint density at radius 1 is 1.18 bits per heavy atom. The molecule has 0 saturated heterocycles. The SMILES string of the molecule is CCC(CO)(COC(=O)c1cccc(Cl)c1)c1ccccc1. The number of halogens is 1. The summed E-state index contributed by atoms with van der Waals surface area (Å²) < 4.78 is 5.43. The Hall–Kier alpha value is -1.84. The van der Waals surface area contributed by atoms with E-state index < -0.39 is 11.4 Å². The number of aliphatic hydroxyl groups is 1. The molecule has 2 rings (SSSR count). The summed E-state index contributed by atoms with van der Waals surface area (Å²) in [5, 5.41) is 10.3. The fraction of sp³-hybridized carbons (Fsp3) is 0.278. The molecular formula is C18H19ClO3. The number of aliphatic hydroxyl groups excluding tert-OH is 1. The molecule has 0 radical (unpaired) electrons. The summed E-state index contributed by atoms with van der Waals surface area (Å²) in [6.07, 6.45) is 0.663. The molecule has 0 amide bonds. The number of esters is 1. The van der Waals surface area contributed by atoms with Crippen LogP contribution >= 0.6 is 11.6 Å². The minimum atomic E-state index is -0.588. The Morgan fingerprint density at radius 3 is 2.50 bits per heavy atom. The second-order valence-corrected chi connectivity index (χ2v) is 5.68. The van der Waals surface area contributed by atoms with E-state index in [1.807, 2.05) is 37.3 Å². The second-order valence-electron chi connectivity index (χ2n) is 5.24. The van der Waals surface area contributed by atoms with Gasteiger partial charge in [-0.2, -0.15) is 0 Å². The number of carbonyl (C=O) groups excluding carboxylic acids is 1. The summed E-state index contributed by atoms with van der Waals surface area (Å²) >= 11 is 5.88. The maximum absolute atomic E-state index is 12.1. The summed E-state index contributed by atoms with van der Waals surface area (Å²) in [4.78, 5) is 12.1. The summed E-state index contributed by atoms with van der Waals surface area (Å²) in [6, 6.07) is 16.2. The molecule has 0 spiro atoms. The van der Waals surface area contributed by atoms with E-state index in [1.165, 1.54) is 0 Å². The molecule has 0 aromatic heterocycles. The molecular weight excluding hydrogens is 300 g/mol. The van der Waals surface area contributed by atoms with Crippen molar-refractivity contribution >= 4 is 17.6 Å². The van der Waals surface area contributed by atoms with E-state index in [-0.39, 0.29) is 13.2 Å². The third-order valence-corrected chi connectivity index (χ3v) is 4.14. The first-order valence-corrected chi connectivity index (χ1v) is 7.58. The van der Waals surface area contributed by atoms with E-state index in [0.717, 1.165) is 5.56 Å². The fourth-order valence-electron chi connectivity index (χ4n) is 2.33. The van der Waals surface area contributed by atoms with Crippen LogP contribution in [0.1, 0.15) is 29.3 Å². The maximum atomic E-state index is 12.1. The molecule has 0 saturated carbocycles. The molecule has 0 heterocycles. The quantitative estimate of drug-likeness (QED) is 0.823. The second kappa shape index (κ2) is 7.43. The van der Waals surface area contributed by atoms with Gasteiger partial charge >= 0.3 is 5.97 Å². The molecule has 0 aliphatic heterocycles. The number of benzene rings is 2. The van der Waals surface area contributed by atoms with Gasteiger partial charge in [0.15, 0.2) is 0 Å². The van der Waals surface area contributed by atoms with Crippen LogP contribution in [0.5, 0.6) is 0 Å². The van der Waals surface area contributed by atoms with Crippen LogP contribution in [0.2, 0.25) is 5.02 Å². The molecule has 0 aliphatic rings. The van der Waals surface area contributed by atoms with Crippen molar-refractivity contribution in [3.8, 4) is 0 Å². The minimum absolute atomic E-state index is 0.0870. The van der Waals surface area contributed by atoms with Gasteiger partial charge in [0.1, 0.15) is 6.61 Å². The van der Waals surface area contributed by atoms with Gasteiger partial charge in [0.2, 0.25) is 0 Å². The molecule has 22 heavy (non-hydrogen) atoms. The first-order valence-electron chi connectivity index (χ1n) is 7.20. The van der Waals surface area contributed by atoms with Gasteiger partial charge in [-0.3, -0.25) is 0 Å². The monoisotopic (exact) mass is 318 g/mol. The van der Waals surface area contributed by atoms with Crippen LogP contribution in [0, 0.1) is 0 Å². The van der Waals surface area contributed by atoms with Crippen LogP contribution in [0.3, 0.4) is 0 Å². The van der Waals surface area contributed by atoms with E-state index in [0.29, 0.717) is 17.0 Å². The van der Waals surface area contributed by atoms with E-state index in [4.69, 9.17) is 16.3 Å². The lowest BCUT2D eigenvalue weighted by Gasteiger charge is -2.30. The number of carbonyl (C=O) groups is 1. The Morgan fingerprint density at radius 2 is 1.91 bits per heavy atom. The number of rotatable bonds is 6. The zero-order valence-electron chi connectivity index (χ0n) is 12.5. The molecule has 116 valence electrons. The first kappa shape index (κ1) is 16.5. The van der Waals surface area contributed by atoms with E-state index in [1.54, 1.807) is 24.3 Å². The van der Waals surface area contributed by atoms with Crippen molar-refractivity contribution in [2.75, 3.05) is 13.2 Å². The lowest BCUT2D eigenvalue weighted by Crippen LogP contribution is -2.36. The topological polar surface area (TPSA) is 46.5 Å². The average Bonchev–Trinajstić information content (AvgIpc) is 2.57. The third kappa shape index (κ3) is 3.67. The first-order chi connectivity index (χ1) is 10.6. The highest BCUT2D eigenvalue weighted by Crippen LogP contribution is 2.28. The number of ether oxygens (including phenoxy) is 1. The standard InChI is InChI=1S/C18H19ClO3/c1-2-18(12-20,15-8-4-3-5-9-15)13-22-17(21)14-7-6-10-16(19)11-14/h3-11,20H,2,12-13H2,1H3. The number of hydrogen-bond donors (Lipinski definition) is 1. The van der Waals surface area contributed by atoms with Gasteiger partial charge in [-0.1, -0.05) is 54.9 Å². The van der Waals surface area contributed by atoms with Gasteiger partial charge in [-0.05, 0) is 30.2 Å². The Labute approximate surface area is 135 Å². The molecule has 3 nitrogen and oxygen atoms in total. The summed E-state index contributed by atoms with van der Waals surface area (Å²) in [5.74, 6) is -0.440. The molecule has 4 heteroatoms. The molecule has 2 aromatic carbocycles. The molecule has 0 bridgehead atoms. The minimum Gasteiger partial charge on any atom is -0.461 e. The van der Waals surface area contributed by atoms with Crippen molar-refractivity contribution in [1.82, 2.24) is 0 Å². The molecule has 1 unspecified atom stereocenters. The van der Waals surface area contributed by atoms with Gasteiger partial charge in [-0.15, -0.1) is 0 Å². The van der Waals surface area contributed by atoms with Crippen LogP contribution < -0.4 is 0 Å². The molecule has 1 N–H and O–H groups in total. The largest absolute Gasteiger partial charge is 0.461 e. The Kier molecular flexibility index (Phi) is 5.58. The Balaban J connectivity index is 2.14. The van der Waals surface area contributed by atoms with E-state index in [9.17, 15) is 9.90 Å². The molecule has 0 fully saturated rings. The smallest absolute Gasteiger partial charge is 0.338 e. The maximum Gasteiger partial charge on any atom is 0.338 e. The average molecular weight is 319 g/mol. The lowest BCUT2D eigenvalue weighted by atomic mass is 9.79. The molecule has 1 atom stereocenters. The van der Waals surface area contributed by atoms with Crippen LogP contribution in [0.4, 0.5) is 0 Å². The van der Waals surface area contributed by atoms with Crippen molar-refractivity contribution in [3.63, 3.8) is 0 Å². The van der Waals surface area contributed by atoms with Crippen molar-refractivity contribution in [2.45, 2.75) is 18.8 Å². The fourth-order valence-corrected chi connectivity index (χ4v) is 2.52. The zero-order chi connectivity index (χ0) is 16.0. The summed E-state index contributed by atoms with van der Waals surface area (Å²) in [5.41, 5.74) is 0.776. The van der Waals surface area contributed by atoms with Gasteiger partial charge in [0.25, 0.3) is 0 Å². The predicted molar refractivity (Wildman–Crippen MR) is 87.2 cm³/mol. The van der Waals surface area contributed by atoms with Crippen LogP contribution in [0.25, 0.3) is 0 Å². The highest BCUT2D eigenvalue weighted by molar-refractivity contribution is 6.30. The molecule has 0 aliphatic carbocycles. The summed E-state index contributed by atoms with van der Waals surface area (Å²) in [7, 11) is 0. The number of hydrogen-bond acceptors (Lipinski definition) is 3. The normalized spacial score (nSPS) is 13.4.